The minimum Gasteiger partial charge on any atom is -0.387 e. The topological polar surface area (TPSA) is 56.0 Å². The number of anilines is 1. The summed E-state index contributed by atoms with van der Waals surface area (Å²) in [6, 6.07) is 13.3. The van der Waals surface area contributed by atoms with Gasteiger partial charge >= 0.3 is 0 Å². The Morgan fingerprint density at radius 2 is 1.95 bits per heavy atom. The van der Waals surface area contributed by atoms with Crippen molar-refractivity contribution in [2.75, 3.05) is 11.9 Å². The Balaban J connectivity index is 2.00. The summed E-state index contributed by atoms with van der Waals surface area (Å²) in [7, 11) is 0. The summed E-state index contributed by atoms with van der Waals surface area (Å²) < 4.78 is 13.0. The average molecular weight is 270 g/mol. The summed E-state index contributed by atoms with van der Waals surface area (Å²) >= 11 is 0. The molecule has 0 radical (unpaired) electrons. The Morgan fingerprint density at radius 1 is 1.25 bits per heavy atom. The maximum absolute atomic E-state index is 13.0. The molecule has 0 heterocycles. The van der Waals surface area contributed by atoms with Crippen LogP contribution in [0.15, 0.2) is 42.5 Å². The first-order valence-corrected chi connectivity index (χ1v) is 6.28. The quantitative estimate of drug-likeness (QED) is 0.897. The molecule has 0 fully saturated rings. The minimum absolute atomic E-state index is 0.277. The third-order valence-corrected chi connectivity index (χ3v) is 3.10. The first-order chi connectivity index (χ1) is 9.60. The molecule has 2 aromatic carbocycles. The molecular weight excluding hydrogens is 255 g/mol. The number of hydrogen-bond acceptors (Lipinski definition) is 3. The smallest absolute Gasteiger partial charge is 0.123 e. The molecule has 0 spiro atoms. The Morgan fingerprint density at radius 3 is 2.55 bits per heavy atom. The lowest BCUT2D eigenvalue weighted by Crippen LogP contribution is -2.12. The molecule has 0 amide bonds. The lowest BCUT2D eigenvalue weighted by molar-refractivity contribution is 0.191. The second-order valence-corrected chi connectivity index (χ2v) is 4.59. The number of nitriles is 1. The molecule has 0 bridgehead atoms. The summed E-state index contributed by atoms with van der Waals surface area (Å²) in [5, 5.41) is 21.9. The molecule has 3 nitrogen and oxygen atoms in total. The number of hydrogen-bond donors (Lipinski definition) is 2. The Kier molecular flexibility index (Phi) is 4.34. The number of aryl methyl sites for hydroxylation is 1. The standard InChI is InChI=1S/C16H15FN2O/c1-11-8-14(17)6-7-15(11)19-10-16(20)13-4-2-12(9-18)3-5-13/h2-8,16,19-20H,10H2,1H3. The van der Waals surface area contributed by atoms with E-state index in [4.69, 9.17) is 5.26 Å². The van der Waals surface area contributed by atoms with Gasteiger partial charge in [-0.15, -0.1) is 0 Å². The lowest BCUT2D eigenvalue weighted by atomic mass is 10.1. The first kappa shape index (κ1) is 14.0. The van der Waals surface area contributed by atoms with Crippen molar-refractivity contribution in [1.82, 2.24) is 0 Å². The van der Waals surface area contributed by atoms with Gasteiger partial charge in [-0.2, -0.15) is 5.26 Å². The normalized spacial score (nSPS) is 11.7. The number of nitrogens with zero attached hydrogens (tertiary/aromatic N) is 1. The Labute approximate surface area is 117 Å². The number of aliphatic hydroxyl groups excluding tert-OH is 1. The van der Waals surface area contributed by atoms with Gasteiger partial charge in [-0.3, -0.25) is 0 Å². The van der Waals surface area contributed by atoms with E-state index in [0.717, 1.165) is 16.8 Å². The number of rotatable bonds is 4. The monoisotopic (exact) mass is 270 g/mol. The molecule has 102 valence electrons. The predicted octanol–water partition coefficient (Wildman–Crippen LogP) is 3.15. The summed E-state index contributed by atoms with van der Waals surface area (Å²) in [5.41, 5.74) is 2.87. The van der Waals surface area contributed by atoms with Gasteiger partial charge < -0.3 is 10.4 Å². The van der Waals surface area contributed by atoms with Crippen molar-refractivity contribution in [3.05, 3.63) is 65.0 Å². The average Bonchev–Trinajstić information content (AvgIpc) is 2.46. The minimum atomic E-state index is -0.688. The predicted molar refractivity (Wildman–Crippen MR) is 75.7 cm³/mol. The van der Waals surface area contributed by atoms with Crippen LogP contribution in [0.1, 0.15) is 22.8 Å². The van der Waals surface area contributed by atoms with Gasteiger partial charge in [0.05, 0.1) is 17.7 Å². The van der Waals surface area contributed by atoms with E-state index in [1.807, 2.05) is 6.07 Å². The van der Waals surface area contributed by atoms with Crippen molar-refractivity contribution in [3.8, 4) is 6.07 Å². The fraction of sp³-hybridized carbons (Fsp3) is 0.188. The third-order valence-electron chi connectivity index (χ3n) is 3.10. The van der Waals surface area contributed by atoms with Gasteiger partial charge in [0.1, 0.15) is 5.82 Å². The summed E-state index contributed by atoms with van der Waals surface area (Å²) in [5.74, 6) is -0.277. The van der Waals surface area contributed by atoms with Crippen LogP contribution >= 0.6 is 0 Å². The molecule has 2 aromatic rings. The number of aliphatic hydroxyl groups is 1. The molecule has 2 N–H and O–H groups in total. The highest BCUT2D eigenvalue weighted by Crippen LogP contribution is 2.18. The van der Waals surface area contributed by atoms with Crippen LogP contribution in [0.25, 0.3) is 0 Å². The van der Waals surface area contributed by atoms with E-state index in [1.54, 1.807) is 37.3 Å². The van der Waals surface area contributed by atoms with Crippen molar-refractivity contribution in [3.63, 3.8) is 0 Å². The summed E-state index contributed by atoms with van der Waals surface area (Å²) in [6.45, 7) is 2.12. The second-order valence-electron chi connectivity index (χ2n) is 4.59. The third kappa shape index (κ3) is 3.34. The number of halogens is 1. The molecule has 2 rings (SSSR count). The van der Waals surface area contributed by atoms with Gasteiger partial charge in [0.15, 0.2) is 0 Å². The van der Waals surface area contributed by atoms with E-state index < -0.39 is 6.10 Å². The van der Waals surface area contributed by atoms with Crippen molar-refractivity contribution < 1.29 is 9.50 Å². The zero-order valence-corrected chi connectivity index (χ0v) is 11.1. The van der Waals surface area contributed by atoms with Crippen molar-refractivity contribution in [2.45, 2.75) is 13.0 Å². The van der Waals surface area contributed by atoms with Gasteiger partial charge in [-0.1, -0.05) is 12.1 Å². The van der Waals surface area contributed by atoms with Crippen LogP contribution in [0, 0.1) is 24.1 Å². The maximum Gasteiger partial charge on any atom is 0.123 e. The van der Waals surface area contributed by atoms with E-state index in [-0.39, 0.29) is 5.82 Å². The molecule has 0 aliphatic rings. The second kappa shape index (κ2) is 6.18. The zero-order valence-electron chi connectivity index (χ0n) is 11.1. The summed E-state index contributed by atoms with van der Waals surface area (Å²) in [6.07, 6.45) is -0.688. The fourth-order valence-electron chi connectivity index (χ4n) is 1.93. The van der Waals surface area contributed by atoms with Gasteiger partial charge in [0, 0.05) is 12.2 Å². The fourth-order valence-corrected chi connectivity index (χ4v) is 1.93. The van der Waals surface area contributed by atoms with E-state index in [9.17, 15) is 9.50 Å². The Hall–Kier alpha value is -2.38. The first-order valence-electron chi connectivity index (χ1n) is 6.28. The van der Waals surface area contributed by atoms with Gasteiger partial charge in [-0.05, 0) is 48.4 Å². The molecule has 1 atom stereocenters. The van der Waals surface area contributed by atoms with Crippen LogP contribution in [-0.4, -0.2) is 11.7 Å². The molecule has 4 heteroatoms. The molecular formula is C16H15FN2O. The van der Waals surface area contributed by atoms with Gasteiger partial charge in [-0.25, -0.2) is 4.39 Å². The largest absolute Gasteiger partial charge is 0.387 e. The van der Waals surface area contributed by atoms with Crippen LogP contribution in [0.5, 0.6) is 0 Å². The molecule has 0 aromatic heterocycles. The van der Waals surface area contributed by atoms with Crippen LogP contribution in [0.4, 0.5) is 10.1 Å². The highest BCUT2D eigenvalue weighted by atomic mass is 19.1. The lowest BCUT2D eigenvalue weighted by Gasteiger charge is -2.14. The molecule has 0 aliphatic carbocycles. The molecule has 1 unspecified atom stereocenters. The van der Waals surface area contributed by atoms with Crippen LogP contribution in [-0.2, 0) is 0 Å². The highest BCUT2D eigenvalue weighted by molar-refractivity contribution is 5.50. The molecule has 20 heavy (non-hydrogen) atoms. The SMILES string of the molecule is Cc1cc(F)ccc1NCC(O)c1ccc(C#N)cc1. The van der Waals surface area contributed by atoms with E-state index in [1.165, 1.54) is 12.1 Å². The molecule has 0 saturated carbocycles. The van der Waals surface area contributed by atoms with Crippen LogP contribution in [0.3, 0.4) is 0 Å². The molecule has 0 aliphatic heterocycles. The summed E-state index contributed by atoms with van der Waals surface area (Å²) in [4.78, 5) is 0. The van der Waals surface area contributed by atoms with Crippen molar-refractivity contribution in [1.29, 1.82) is 5.26 Å². The van der Waals surface area contributed by atoms with E-state index in [0.29, 0.717) is 12.1 Å². The number of nitrogens with one attached hydrogen (secondary N) is 1. The van der Waals surface area contributed by atoms with Crippen molar-refractivity contribution in [2.24, 2.45) is 0 Å². The van der Waals surface area contributed by atoms with E-state index >= 15 is 0 Å². The Bertz CT molecular complexity index is 632. The molecule has 0 saturated heterocycles. The maximum atomic E-state index is 13.0. The number of benzene rings is 2. The zero-order chi connectivity index (χ0) is 14.5. The van der Waals surface area contributed by atoms with Crippen LogP contribution < -0.4 is 5.32 Å². The van der Waals surface area contributed by atoms with Gasteiger partial charge in [0.2, 0.25) is 0 Å². The van der Waals surface area contributed by atoms with Crippen molar-refractivity contribution >= 4 is 5.69 Å². The van der Waals surface area contributed by atoms with E-state index in [2.05, 4.69) is 5.32 Å². The van der Waals surface area contributed by atoms with Crippen LogP contribution in [0.2, 0.25) is 0 Å². The highest BCUT2D eigenvalue weighted by Gasteiger charge is 2.08. The van der Waals surface area contributed by atoms with Gasteiger partial charge in [0.25, 0.3) is 0 Å².